The molecule has 0 bridgehead atoms. The fraction of sp³-hybridized carbons (Fsp3) is 0.154. The Morgan fingerprint density at radius 1 is 0.538 bits per heavy atom. The van der Waals surface area contributed by atoms with Gasteiger partial charge in [0.05, 0.1) is 0 Å². The number of hydrogen-bond donors (Lipinski definition) is 0. The molecule has 0 nitrogen and oxygen atoms in total. The molecule has 26 heavy (non-hydrogen) atoms. The number of allylic oxidation sites excluding steroid dienone is 2. The number of fused-ring (bicyclic) bond motifs is 2. The highest BCUT2D eigenvalue weighted by Gasteiger charge is 2.26. The molecule has 0 radical (unpaired) electrons. The van der Waals surface area contributed by atoms with E-state index in [1.54, 1.807) is 0 Å². The van der Waals surface area contributed by atoms with Gasteiger partial charge in [0.2, 0.25) is 0 Å². The maximum atomic E-state index is 2.42. The molecule has 0 aliphatic heterocycles. The molecule has 0 spiro atoms. The Morgan fingerprint density at radius 3 is 1.31 bits per heavy atom. The molecule has 0 unspecified atom stereocenters. The van der Waals surface area contributed by atoms with Gasteiger partial charge in [0.25, 0.3) is 0 Å². The minimum Gasteiger partial charge on any atom is -0.0622 e. The topological polar surface area (TPSA) is 0 Å². The van der Waals surface area contributed by atoms with E-state index in [0.29, 0.717) is 0 Å². The van der Waals surface area contributed by atoms with E-state index < -0.39 is 0 Å². The van der Waals surface area contributed by atoms with Gasteiger partial charge in [-0.1, -0.05) is 72.8 Å². The molecule has 0 saturated heterocycles. The molecule has 0 fully saturated rings. The predicted octanol–water partition coefficient (Wildman–Crippen LogP) is 6.50. The second-order valence-electron chi connectivity index (χ2n) is 7.46. The van der Waals surface area contributed by atoms with Gasteiger partial charge in [-0.3, -0.25) is 0 Å². The van der Waals surface area contributed by atoms with Crippen molar-refractivity contribution in [2.45, 2.75) is 26.7 Å². The third-order valence-corrected chi connectivity index (χ3v) is 6.02. The van der Waals surface area contributed by atoms with Crippen LogP contribution in [-0.2, 0) is 12.8 Å². The van der Waals surface area contributed by atoms with Crippen molar-refractivity contribution in [3.63, 3.8) is 0 Å². The van der Waals surface area contributed by atoms with Crippen molar-refractivity contribution in [1.82, 2.24) is 0 Å². The van der Waals surface area contributed by atoms with Crippen molar-refractivity contribution in [2.75, 3.05) is 0 Å². The molecule has 3 aromatic carbocycles. The van der Waals surface area contributed by atoms with E-state index in [2.05, 4.69) is 86.7 Å². The van der Waals surface area contributed by atoms with Crippen LogP contribution in [0.25, 0.3) is 23.3 Å². The van der Waals surface area contributed by atoms with Crippen LogP contribution in [0.2, 0.25) is 0 Å². The van der Waals surface area contributed by atoms with Gasteiger partial charge in [-0.05, 0) is 82.3 Å². The van der Waals surface area contributed by atoms with E-state index in [1.807, 2.05) is 0 Å². The maximum absolute atomic E-state index is 2.42. The fourth-order valence-electron chi connectivity index (χ4n) is 4.53. The molecule has 0 N–H and O–H groups in total. The van der Waals surface area contributed by atoms with Crippen LogP contribution >= 0.6 is 0 Å². The molecule has 0 heteroatoms. The van der Waals surface area contributed by atoms with Crippen LogP contribution in [0.5, 0.6) is 0 Å². The Morgan fingerprint density at radius 2 is 0.923 bits per heavy atom. The second-order valence-corrected chi connectivity index (χ2v) is 7.46. The molecule has 3 aromatic rings. The zero-order chi connectivity index (χ0) is 17.7. The third-order valence-electron chi connectivity index (χ3n) is 6.02. The Balaban J connectivity index is 1.59. The Hall–Kier alpha value is -2.86. The molecule has 2 aliphatic rings. The van der Waals surface area contributed by atoms with E-state index in [-0.39, 0.29) is 0 Å². The quantitative estimate of drug-likeness (QED) is 0.502. The molecule has 2 aliphatic carbocycles. The zero-order valence-corrected chi connectivity index (χ0v) is 15.3. The van der Waals surface area contributed by atoms with Gasteiger partial charge in [0.1, 0.15) is 0 Å². The second kappa shape index (κ2) is 5.85. The molecule has 0 atom stereocenters. The molecule has 0 heterocycles. The molecular formula is C26H22. The fourth-order valence-corrected chi connectivity index (χ4v) is 4.53. The molecule has 0 saturated carbocycles. The van der Waals surface area contributed by atoms with Crippen LogP contribution in [0.1, 0.15) is 44.5 Å². The normalized spacial score (nSPS) is 14.7. The van der Waals surface area contributed by atoms with Crippen molar-refractivity contribution >= 4 is 23.3 Å². The van der Waals surface area contributed by atoms with Gasteiger partial charge in [0.15, 0.2) is 0 Å². The van der Waals surface area contributed by atoms with Gasteiger partial charge in [-0.2, -0.15) is 0 Å². The SMILES string of the molecule is Cc1c2c(c(C)c3c1CC(c1ccccc1)=C3)CC(c1ccccc1)=C2. The van der Waals surface area contributed by atoms with Crippen LogP contribution < -0.4 is 0 Å². The third kappa shape index (κ3) is 2.29. The first-order valence-corrected chi connectivity index (χ1v) is 9.39. The predicted molar refractivity (Wildman–Crippen MR) is 112 cm³/mol. The van der Waals surface area contributed by atoms with Gasteiger partial charge >= 0.3 is 0 Å². The minimum atomic E-state index is 1.05. The van der Waals surface area contributed by atoms with Crippen LogP contribution in [0, 0.1) is 13.8 Å². The lowest BCUT2D eigenvalue weighted by atomic mass is 9.89. The summed E-state index contributed by atoms with van der Waals surface area (Å²) in [5.74, 6) is 0. The molecular weight excluding hydrogens is 312 g/mol. The lowest BCUT2D eigenvalue weighted by Crippen LogP contribution is -2.00. The lowest BCUT2D eigenvalue weighted by molar-refractivity contribution is 1.16. The summed E-state index contributed by atoms with van der Waals surface area (Å²) in [6, 6.07) is 21.6. The summed E-state index contributed by atoms with van der Waals surface area (Å²) in [6.07, 6.45) is 6.95. The van der Waals surface area contributed by atoms with Crippen LogP contribution in [0.4, 0.5) is 0 Å². The first-order chi connectivity index (χ1) is 12.7. The van der Waals surface area contributed by atoms with Crippen molar-refractivity contribution in [3.8, 4) is 0 Å². The van der Waals surface area contributed by atoms with Crippen molar-refractivity contribution in [1.29, 1.82) is 0 Å². The highest BCUT2D eigenvalue weighted by atomic mass is 14.3. The average Bonchev–Trinajstić information content (AvgIpc) is 3.33. The average molecular weight is 334 g/mol. The van der Waals surface area contributed by atoms with Gasteiger partial charge in [-0.15, -0.1) is 0 Å². The highest BCUT2D eigenvalue weighted by Crippen LogP contribution is 2.43. The minimum absolute atomic E-state index is 1.05. The number of hydrogen-bond acceptors (Lipinski definition) is 0. The monoisotopic (exact) mass is 334 g/mol. The Kier molecular flexibility index (Phi) is 3.46. The van der Waals surface area contributed by atoms with Crippen molar-refractivity contribution in [2.24, 2.45) is 0 Å². The van der Waals surface area contributed by atoms with E-state index in [1.165, 1.54) is 55.7 Å². The van der Waals surface area contributed by atoms with Crippen LogP contribution in [-0.4, -0.2) is 0 Å². The highest BCUT2D eigenvalue weighted by molar-refractivity contribution is 5.96. The first-order valence-electron chi connectivity index (χ1n) is 9.39. The van der Waals surface area contributed by atoms with E-state index >= 15 is 0 Å². The summed E-state index contributed by atoms with van der Waals surface area (Å²) >= 11 is 0. The Bertz CT molecular complexity index is 975. The molecule has 0 amide bonds. The summed E-state index contributed by atoms with van der Waals surface area (Å²) in [6.45, 7) is 4.62. The Labute approximate surface area is 155 Å². The van der Waals surface area contributed by atoms with Crippen LogP contribution in [0.3, 0.4) is 0 Å². The summed E-state index contributed by atoms with van der Waals surface area (Å²) in [5, 5.41) is 0. The van der Waals surface area contributed by atoms with E-state index in [4.69, 9.17) is 0 Å². The summed E-state index contributed by atoms with van der Waals surface area (Å²) in [4.78, 5) is 0. The van der Waals surface area contributed by atoms with Crippen molar-refractivity contribution < 1.29 is 0 Å². The van der Waals surface area contributed by atoms with E-state index in [9.17, 15) is 0 Å². The molecule has 126 valence electrons. The van der Waals surface area contributed by atoms with Gasteiger partial charge < -0.3 is 0 Å². The summed E-state index contributed by atoms with van der Waals surface area (Å²) < 4.78 is 0. The van der Waals surface area contributed by atoms with Gasteiger partial charge in [-0.25, -0.2) is 0 Å². The summed E-state index contributed by atoms with van der Waals surface area (Å²) in [7, 11) is 0. The zero-order valence-electron chi connectivity index (χ0n) is 15.3. The number of benzene rings is 3. The van der Waals surface area contributed by atoms with Crippen molar-refractivity contribution in [3.05, 3.63) is 105 Å². The molecule has 5 rings (SSSR count). The smallest absolute Gasteiger partial charge is 0.00107 e. The summed E-state index contributed by atoms with van der Waals surface area (Å²) in [5.41, 5.74) is 14.5. The van der Waals surface area contributed by atoms with Crippen LogP contribution in [0.15, 0.2) is 60.7 Å². The van der Waals surface area contributed by atoms with Gasteiger partial charge in [0, 0.05) is 0 Å². The standard InChI is InChI=1S/C26H22/c1-17-23-13-21(19-9-5-3-6-10-19)15-25(23)18(2)26-16-22(14-24(17)26)20-11-7-4-8-12-20/h3-13,16H,14-15H2,1-2H3. The lowest BCUT2D eigenvalue weighted by Gasteiger charge is -2.15. The van der Waals surface area contributed by atoms with E-state index in [0.717, 1.165) is 12.8 Å². The largest absolute Gasteiger partial charge is 0.0622 e. The number of rotatable bonds is 2. The molecule has 0 aromatic heterocycles. The first kappa shape index (κ1) is 15.4. The maximum Gasteiger partial charge on any atom is -0.00107 e.